The summed E-state index contributed by atoms with van der Waals surface area (Å²) in [7, 11) is -6.93. The highest BCUT2D eigenvalue weighted by atomic mass is 32.2. The van der Waals surface area contributed by atoms with Gasteiger partial charge in [-0.2, -0.15) is 17.0 Å². The number of piperidine rings is 1. The van der Waals surface area contributed by atoms with Crippen molar-refractivity contribution in [2.45, 2.75) is 114 Å². The summed E-state index contributed by atoms with van der Waals surface area (Å²) >= 11 is 0. The molecule has 3 aliphatic carbocycles. The third-order valence-electron chi connectivity index (χ3n) is 10.3. The summed E-state index contributed by atoms with van der Waals surface area (Å²) in [6.07, 6.45) is 17.7. The van der Waals surface area contributed by atoms with Crippen molar-refractivity contribution in [1.29, 1.82) is 0 Å². The van der Waals surface area contributed by atoms with Gasteiger partial charge >= 0.3 is 0 Å². The number of hydrogen-bond donors (Lipinski definition) is 0. The van der Waals surface area contributed by atoms with E-state index in [1.165, 1.54) is 32.1 Å². The maximum absolute atomic E-state index is 14.0. The van der Waals surface area contributed by atoms with E-state index in [0.29, 0.717) is 39.3 Å². The van der Waals surface area contributed by atoms with Gasteiger partial charge in [0.25, 0.3) is 10.2 Å². The van der Waals surface area contributed by atoms with Gasteiger partial charge in [0, 0.05) is 45.8 Å². The molecule has 3 saturated carbocycles. The third kappa shape index (κ3) is 7.78. The van der Waals surface area contributed by atoms with E-state index < -0.39 is 20.2 Å². The molecule has 2 saturated heterocycles. The summed E-state index contributed by atoms with van der Waals surface area (Å²) in [5.74, 6) is 0.719. The lowest BCUT2D eigenvalue weighted by Crippen LogP contribution is -2.51. The van der Waals surface area contributed by atoms with Crippen LogP contribution in [0.3, 0.4) is 0 Å². The van der Waals surface area contributed by atoms with Gasteiger partial charge in [-0.1, -0.05) is 44.9 Å². The Kier molecular flexibility index (Phi) is 10.4. The van der Waals surface area contributed by atoms with Crippen LogP contribution >= 0.6 is 0 Å². The lowest BCUT2D eigenvalue weighted by atomic mass is 9.89. The number of rotatable bonds is 6. The van der Waals surface area contributed by atoms with Gasteiger partial charge in [-0.25, -0.2) is 12.7 Å². The Bertz CT molecular complexity index is 917. The molecule has 2 aliphatic heterocycles. The molecule has 1 spiro atoms. The van der Waals surface area contributed by atoms with Gasteiger partial charge in [-0.3, -0.25) is 0 Å². The van der Waals surface area contributed by atoms with Gasteiger partial charge in [-0.05, 0) is 88.6 Å². The van der Waals surface area contributed by atoms with Crippen molar-refractivity contribution in [3.05, 3.63) is 0 Å². The summed E-state index contributed by atoms with van der Waals surface area (Å²) in [6, 6.07) is 0. The van der Waals surface area contributed by atoms with Crippen LogP contribution in [0.2, 0.25) is 0 Å². The van der Waals surface area contributed by atoms with Gasteiger partial charge < -0.3 is 4.90 Å². The van der Waals surface area contributed by atoms with Gasteiger partial charge in [0.05, 0.1) is 5.25 Å². The average molecular weight is 587 g/mol. The van der Waals surface area contributed by atoms with Crippen molar-refractivity contribution in [3.8, 4) is 0 Å². The zero-order chi connectivity index (χ0) is 27.3. The van der Waals surface area contributed by atoms with Crippen LogP contribution in [-0.2, 0) is 20.2 Å². The molecule has 0 bridgehead atoms. The molecule has 0 N–H and O–H groups in total. The molecule has 0 radical (unpaired) electrons. The number of hydrogen-bond acceptors (Lipinski definition) is 5. The fourth-order valence-electron chi connectivity index (χ4n) is 7.67. The first-order chi connectivity index (χ1) is 18.8. The second-order valence-corrected chi connectivity index (χ2v) is 17.6. The Balaban J connectivity index is 1.36. The Labute approximate surface area is 239 Å². The first kappa shape index (κ1) is 30.2. The number of nitrogens with zero attached hydrogens (tertiary/aromatic N) is 4. The fourth-order valence-corrected chi connectivity index (χ4v) is 11.7. The molecular weight excluding hydrogens is 532 g/mol. The van der Waals surface area contributed by atoms with Crippen LogP contribution in [0.25, 0.3) is 0 Å². The molecule has 5 rings (SSSR count). The Morgan fingerprint density at radius 1 is 0.538 bits per heavy atom. The Morgan fingerprint density at radius 2 is 1.05 bits per heavy atom. The lowest BCUT2D eigenvalue weighted by Gasteiger charge is -2.38. The van der Waals surface area contributed by atoms with E-state index in [1.807, 2.05) is 4.31 Å². The van der Waals surface area contributed by atoms with Crippen LogP contribution < -0.4 is 0 Å². The van der Waals surface area contributed by atoms with Crippen molar-refractivity contribution < 1.29 is 16.8 Å². The molecule has 10 heteroatoms. The summed E-state index contributed by atoms with van der Waals surface area (Å²) in [6.45, 7) is 6.15. The largest absolute Gasteiger partial charge is 0.303 e. The predicted octanol–water partition coefficient (Wildman–Crippen LogP) is 4.44. The highest BCUT2D eigenvalue weighted by Crippen LogP contribution is 2.48. The fraction of sp³-hybridized carbons (Fsp3) is 1.00. The minimum atomic E-state index is -3.54. The third-order valence-corrected chi connectivity index (χ3v) is 14.6. The molecular formula is C29H54N4O4S2. The monoisotopic (exact) mass is 586 g/mol. The molecule has 0 amide bonds. The van der Waals surface area contributed by atoms with Crippen LogP contribution in [0, 0.1) is 11.3 Å². The molecule has 0 aromatic carbocycles. The van der Waals surface area contributed by atoms with Crippen molar-refractivity contribution >= 4 is 20.2 Å². The van der Waals surface area contributed by atoms with E-state index in [1.54, 1.807) is 8.61 Å². The summed E-state index contributed by atoms with van der Waals surface area (Å²) in [5, 5.41) is -0.263. The van der Waals surface area contributed by atoms with Gasteiger partial charge in [0.2, 0.25) is 10.0 Å². The van der Waals surface area contributed by atoms with E-state index >= 15 is 0 Å². The second-order valence-electron chi connectivity index (χ2n) is 13.5. The van der Waals surface area contributed by atoms with Crippen LogP contribution in [0.4, 0.5) is 0 Å². The van der Waals surface area contributed by atoms with E-state index in [0.717, 1.165) is 103 Å². The maximum Gasteiger partial charge on any atom is 0.281 e. The standard InChI is InChI=1S/C29H54N4O4S2/c34-38(35,28-14-6-2-7-15-28)32-22-10-18-30(24-27-12-4-1-5-13-27)19-11-23-33(26-29(25-32)16-17-29)39(36,37)31-20-8-3-9-21-31/h27-28H,1-26H2. The van der Waals surface area contributed by atoms with Crippen molar-refractivity contribution in [2.24, 2.45) is 11.3 Å². The van der Waals surface area contributed by atoms with Crippen LogP contribution in [-0.4, -0.2) is 98.8 Å². The summed E-state index contributed by atoms with van der Waals surface area (Å²) in [5.41, 5.74) is -0.231. The first-order valence-corrected chi connectivity index (χ1v) is 19.2. The van der Waals surface area contributed by atoms with Crippen molar-refractivity contribution in [3.63, 3.8) is 0 Å². The van der Waals surface area contributed by atoms with E-state index in [-0.39, 0.29) is 10.7 Å². The molecule has 5 aliphatic rings. The van der Waals surface area contributed by atoms with Gasteiger partial charge in [0.15, 0.2) is 0 Å². The van der Waals surface area contributed by atoms with Crippen LogP contribution in [0.1, 0.15) is 109 Å². The minimum Gasteiger partial charge on any atom is -0.303 e. The minimum absolute atomic E-state index is 0.231. The van der Waals surface area contributed by atoms with Crippen molar-refractivity contribution in [2.75, 3.05) is 58.9 Å². The molecule has 0 unspecified atom stereocenters. The van der Waals surface area contributed by atoms with E-state index in [9.17, 15) is 16.8 Å². The first-order valence-electron chi connectivity index (χ1n) is 16.3. The zero-order valence-corrected chi connectivity index (χ0v) is 25.9. The molecule has 226 valence electrons. The maximum atomic E-state index is 14.0. The molecule has 5 fully saturated rings. The smallest absolute Gasteiger partial charge is 0.281 e. The SMILES string of the molecule is O=S(=O)(C1CCCCC1)N1CCCN(CC2CCCCC2)CCCN(S(=O)(=O)N2CCCCC2)CC2(CC2)C1. The molecule has 0 aromatic heterocycles. The van der Waals surface area contributed by atoms with Crippen LogP contribution in [0.15, 0.2) is 0 Å². The highest BCUT2D eigenvalue weighted by molar-refractivity contribution is 7.89. The summed E-state index contributed by atoms with van der Waals surface area (Å²) < 4.78 is 61.0. The Morgan fingerprint density at radius 3 is 1.67 bits per heavy atom. The number of sulfonamides is 1. The average Bonchev–Trinajstić information content (AvgIpc) is 3.71. The lowest BCUT2D eigenvalue weighted by molar-refractivity contribution is 0.174. The molecule has 2 heterocycles. The summed E-state index contributed by atoms with van der Waals surface area (Å²) in [4.78, 5) is 2.53. The molecule has 0 aromatic rings. The van der Waals surface area contributed by atoms with E-state index in [2.05, 4.69) is 4.90 Å². The molecule has 8 nitrogen and oxygen atoms in total. The predicted molar refractivity (Wildman–Crippen MR) is 157 cm³/mol. The Hall–Kier alpha value is -0.260. The topological polar surface area (TPSA) is 81.2 Å². The zero-order valence-electron chi connectivity index (χ0n) is 24.3. The van der Waals surface area contributed by atoms with Gasteiger partial charge in [-0.15, -0.1) is 0 Å². The second kappa shape index (κ2) is 13.4. The molecule has 0 atom stereocenters. The van der Waals surface area contributed by atoms with Crippen LogP contribution in [0.5, 0.6) is 0 Å². The normalized spacial score (nSPS) is 29.1. The highest BCUT2D eigenvalue weighted by Gasteiger charge is 2.50. The van der Waals surface area contributed by atoms with Gasteiger partial charge in [0.1, 0.15) is 0 Å². The molecule has 39 heavy (non-hydrogen) atoms. The van der Waals surface area contributed by atoms with Crippen molar-refractivity contribution in [1.82, 2.24) is 17.8 Å². The quantitative estimate of drug-likeness (QED) is 0.460. The van der Waals surface area contributed by atoms with E-state index in [4.69, 9.17) is 0 Å².